The molecule has 0 radical (unpaired) electrons. The number of piperazine rings is 1. The molecule has 3 aromatic rings. The van der Waals surface area contributed by atoms with Crippen LogP contribution in [0.2, 0.25) is 5.02 Å². The largest absolute Gasteiger partial charge is 0.395 e. The first-order chi connectivity index (χ1) is 14.0. The number of anilines is 1. The summed E-state index contributed by atoms with van der Waals surface area (Å²) in [6, 6.07) is 11.6. The number of benzene rings is 2. The van der Waals surface area contributed by atoms with Gasteiger partial charge in [0.25, 0.3) is 5.91 Å². The van der Waals surface area contributed by atoms with Crippen LogP contribution in [-0.4, -0.2) is 58.3 Å². The Morgan fingerprint density at radius 2 is 1.90 bits per heavy atom. The number of carbonyl (C=O) groups is 1. The molecule has 1 aromatic heterocycles. The predicted molar refractivity (Wildman–Crippen MR) is 116 cm³/mol. The van der Waals surface area contributed by atoms with Crippen molar-refractivity contribution in [2.75, 3.05) is 37.7 Å². The Bertz CT molecular complexity index is 1030. The van der Waals surface area contributed by atoms with E-state index in [9.17, 15) is 9.90 Å². The molecule has 0 bridgehead atoms. The van der Waals surface area contributed by atoms with Crippen LogP contribution >= 0.6 is 11.6 Å². The highest BCUT2D eigenvalue weighted by molar-refractivity contribution is 6.33. The first-order valence-electron chi connectivity index (χ1n) is 9.86. The zero-order chi connectivity index (χ0) is 20.5. The van der Waals surface area contributed by atoms with Gasteiger partial charge in [-0.3, -0.25) is 4.79 Å². The van der Waals surface area contributed by atoms with Crippen molar-refractivity contribution < 1.29 is 9.90 Å². The van der Waals surface area contributed by atoms with Gasteiger partial charge in [-0.2, -0.15) is 0 Å². The van der Waals surface area contributed by atoms with Gasteiger partial charge in [0, 0.05) is 38.3 Å². The number of imidazole rings is 1. The lowest BCUT2D eigenvalue weighted by Crippen LogP contribution is -2.49. The molecule has 2 heterocycles. The summed E-state index contributed by atoms with van der Waals surface area (Å²) in [6.07, 6.45) is 0. The summed E-state index contributed by atoms with van der Waals surface area (Å²) >= 11 is 6.40. The summed E-state index contributed by atoms with van der Waals surface area (Å²) in [5, 5.41) is 10.0. The van der Waals surface area contributed by atoms with Crippen LogP contribution in [0.4, 0.5) is 5.69 Å². The van der Waals surface area contributed by atoms with Gasteiger partial charge in [-0.25, -0.2) is 4.98 Å². The Kier molecular flexibility index (Phi) is 5.48. The van der Waals surface area contributed by atoms with Crippen LogP contribution in [0.15, 0.2) is 36.4 Å². The highest BCUT2D eigenvalue weighted by Crippen LogP contribution is 2.30. The third-order valence-corrected chi connectivity index (χ3v) is 5.89. The van der Waals surface area contributed by atoms with Crippen LogP contribution < -0.4 is 4.90 Å². The molecular formula is C22H25ClN4O2. The molecule has 1 amide bonds. The molecule has 0 atom stereocenters. The highest BCUT2D eigenvalue weighted by atomic mass is 35.5. The molecule has 0 saturated carbocycles. The van der Waals surface area contributed by atoms with E-state index in [1.807, 2.05) is 46.7 Å². The van der Waals surface area contributed by atoms with Crippen LogP contribution in [0.5, 0.6) is 0 Å². The number of hydrogen-bond donors (Lipinski definition) is 1. The smallest absolute Gasteiger partial charge is 0.254 e. The lowest BCUT2D eigenvalue weighted by Gasteiger charge is -2.37. The molecule has 0 aliphatic carbocycles. The van der Waals surface area contributed by atoms with Gasteiger partial charge in [0.05, 0.1) is 28.4 Å². The summed E-state index contributed by atoms with van der Waals surface area (Å²) in [4.78, 5) is 21.7. The van der Waals surface area contributed by atoms with Gasteiger partial charge in [-0.1, -0.05) is 23.7 Å². The molecule has 152 valence electrons. The summed E-state index contributed by atoms with van der Waals surface area (Å²) in [7, 11) is 0. The molecule has 6 nitrogen and oxygen atoms in total. The van der Waals surface area contributed by atoms with Gasteiger partial charge in [-0.15, -0.1) is 0 Å². The minimum atomic E-state index is 0.0248. The maximum Gasteiger partial charge on any atom is 0.254 e. The average Bonchev–Trinajstić information content (AvgIpc) is 3.02. The normalized spacial score (nSPS) is 14.6. The molecule has 7 heteroatoms. The number of nitrogens with zero attached hydrogens (tertiary/aromatic N) is 4. The highest BCUT2D eigenvalue weighted by Gasteiger charge is 2.24. The number of halogens is 1. The average molecular weight is 413 g/mol. The molecule has 1 fully saturated rings. The quantitative estimate of drug-likeness (QED) is 0.714. The van der Waals surface area contributed by atoms with E-state index in [0.29, 0.717) is 25.2 Å². The minimum Gasteiger partial charge on any atom is -0.395 e. The fourth-order valence-corrected chi connectivity index (χ4v) is 4.45. The fraction of sp³-hybridized carbons (Fsp3) is 0.364. The third kappa shape index (κ3) is 3.70. The minimum absolute atomic E-state index is 0.0248. The second-order valence-corrected chi connectivity index (χ2v) is 7.83. The van der Waals surface area contributed by atoms with Crippen molar-refractivity contribution in [1.29, 1.82) is 0 Å². The van der Waals surface area contributed by atoms with E-state index >= 15 is 0 Å². The molecule has 0 unspecified atom stereocenters. The maximum atomic E-state index is 13.0. The Hall–Kier alpha value is -2.57. The summed E-state index contributed by atoms with van der Waals surface area (Å²) < 4.78 is 1.97. The molecule has 1 aliphatic rings. The predicted octanol–water partition coefficient (Wildman–Crippen LogP) is 3.26. The van der Waals surface area contributed by atoms with Crippen LogP contribution in [0.25, 0.3) is 11.0 Å². The van der Waals surface area contributed by atoms with E-state index in [-0.39, 0.29) is 12.5 Å². The van der Waals surface area contributed by atoms with E-state index < -0.39 is 0 Å². The molecule has 29 heavy (non-hydrogen) atoms. The number of aliphatic hydroxyl groups excluding tert-OH is 1. The Labute approximate surface area is 175 Å². The zero-order valence-corrected chi connectivity index (χ0v) is 17.5. The SMILES string of the molecule is Cc1cccc(Cl)c1N1CCN(C(=O)c2ccc3c(c2)nc(C)n3CCO)CC1. The van der Waals surface area contributed by atoms with E-state index in [1.54, 1.807) is 0 Å². The number of hydrogen-bond acceptors (Lipinski definition) is 4. The Balaban J connectivity index is 1.50. The van der Waals surface area contributed by atoms with E-state index in [2.05, 4.69) is 22.9 Å². The van der Waals surface area contributed by atoms with Gasteiger partial charge in [0.1, 0.15) is 5.82 Å². The molecular weight excluding hydrogens is 388 g/mol. The van der Waals surface area contributed by atoms with Crippen molar-refractivity contribution in [1.82, 2.24) is 14.5 Å². The number of aryl methyl sites for hydroxylation is 2. The van der Waals surface area contributed by atoms with Crippen molar-refractivity contribution in [2.24, 2.45) is 0 Å². The first-order valence-corrected chi connectivity index (χ1v) is 10.2. The lowest BCUT2D eigenvalue weighted by atomic mass is 10.1. The van der Waals surface area contributed by atoms with Crippen molar-refractivity contribution in [3.63, 3.8) is 0 Å². The number of carbonyl (C=O) groups excluding carboxylic acids is 1. The zero-order valence-electron chi connectivity index (χ0n) is 16.7. The van der Waals surface area contributed by atoms with Crippen LogP contribution in [0.1, 0.15) is 21.7 Å². The Morgan fingerprint density at radius 1 is 1.14 bits per heavy atom. The number of para-hydroxylation sites is 1. The van der Waals surface area contributed by atoms with Crippen LogP contribution in [0.3, 0.4) is 0 Å². The second-order valence-electron chi connectivity index (χ2n) is 7.42. The van der Waals surface area contributed by atoms with Crippen LogP contribution in [0, 0.1) is 13.8 Å². The van der Waals surface area contributed by atoms with Gasteiger partial charge in [0.2, 0.25) is 0 Å². The molecule has 1 saturated heterocycles. The monoisotopic (exact) mass is 412 g/mol. The van der Waals surface area contributed by atoms with E-state index in [0.717, 1.165) is 46.2 Å². The maximum absolute atomic E-state index is 13.0. The van der Waals surface area contributed by atoms with Crippen molar-refractivity contribution >= 4 is 34.2 Å². The summed E-state index contributed by atoms with van der Waals surface area (Å²) in [6.45, 7) is 7.34. The number of amides is 1. The summed E-state index contributed by atoms with van der Waals surface area (Å²) in [5.41, 5.74) is 4.58. The fourth-order valence-electron chi connectivity index (χ4n) is 4.10. The van der Waals surface area contributed by atoms with Crippen molar-refractivity contribution in [2.45, 2.75) is 20.4 Å². The topological polar surface area (TPSA) is 61.6 Å². The molecule has 2 aromatic carbocycles. The van der Waals surface area contributed by atoms with E-state index in [4.69, 9.17) is 11.6 Å². The van der Waals surface area contributed by atoms with Crippen molar-refractivity contribution in [3.05, 3.63) is 58.4 Å². The number of aliphatic hydroxyl groups is 1. The molecule has 4 rings (SSSR count). The third-order valence-electron chi connectivity index (χ3n) is 5.58. The number of rotatable bonds is 4. The standard InChI is InChI=1S/C22H25ClN4O2/c1-15-4-3-5-18(23)21(15)25-8-10-26(11-9-25)22(29)17-6-7-20-19(14-17)24-16(2)27(20)12-13-28/h3-7,14,28H,8-13H2,1-2H3. The number of aromatic nitrogens is 2. The van der Waals surface area contributed by atoms with Gasteiger partial charge in [0.15, 0.2) is 0 Å². The van der Waals surface area contributed by atoms with Gasteiger partial charge in [-0.05, 0) is 43.7 Å². The van der Waals surface area contributed by atoms with Crippen LogP contribution in [-0.2, 0) is 6.54 Å². The van der Waals surface area contributed by atoms with Crippen molar-refractivity contribution in [3.8, 4) is 0 Å². The second kappa shape index (κ2) is 8.05. The summed E-state index contributed by atoms with van der Waals surface area (Å²) in [5.74, 6) is 0.860. The molecule has 1 aliphatic heterocycles. The number of fused-ring (bicyclic) bond motifs is 1. The van der Waals surface area contributed by atoms with Gasteiger partial charge >= 0.3 is 0 Å². The lowest BCUT2D eigenvalue weighted by molar-refractivity contribution is 0.0747. The molecule has 1 N–H and O–H groups in total. The Morgan fingerprint density at radius 3 is 2.59 bits per heavy atom. The first kappa shape index (κ1) is 19.7. The molecule has 0 spiro atoms. The van der Waals surface area contributed by atoms with E-state index in [1.165, 1.54) is 0 Å². The van der Waals surface area contributed by atoms with Gasteiger partial charge < -0.3 is 19.5 Å².